The number of ether oxygens (including phenoxy) is 2. The van der Waals surface area contributed by atoms with Crippen LogP contribution in [0.5, 0.6) is 11.5 Å². The average molecular weight is 344 g/mol. The maximum absolute atomic E-state index is 12.1. The van der Waals surface area contributed by atoms with Crippen LogP contribution in [0.3, 0.4) is 0 Å². The molecular weight excluding hydrogens is 316 g/mol. The van der Waals surface area contributed by atoms with Crippen LogP contribution in [-0.2, 0) is 4.79 Å². The number of nitrogens with zero attached hydrogens (tertiary/aromatic N) is 1. The van der Waals surface area contributed by atoms with Gasteiger partial charge in [0.15, 0.2) is 11.5 Å². The lowest BCUT2D eigenvalue weighted by Crippen LogP contribution is -2.32. The highest BCUT2D eigenvalue weighted by Gasteiger charge is 2.13. The molecule has 0 aliphatic carbocycles. The summed E-state index contributed by atoms with van der Waals surface area (Å²) in [7, 11) is 0. The van der Waals surface area contributed by atoms with Crippen molar-refractivity contribution in [2.24, 2.45) is 5.92 Å². The fraction of sp³-hybridized carbons (Fsp3) is 0.500. The van der Waals surface area contributed by atoms with Crippen LogP contribution in [-0.4, -0.2) is 25.2 Å². The molecule has 0 bridgehead atoms. The summed E-state index contributed by atoms with van der Waals surface area (Å²) in [5.74, 6) is 1.31. The number of amides is 1. The molecule has 0 saturated heterocycles. The number of carbonyl (C=O) groups excluding carboxylic acids is 1. The zero-order valence-corrected chi connectivity index (χ0v) is 15.8. The number of hydrogen-bond donors (Lipinski definition) is 1. The molecule has 0 aromatic heterocycles. The van der Waals surface area contributed by atoms with Crippen molar-refractivity contribution in [3.8, 4) is 17.6 Å². The molecule has 1 aromatic rings. The summed E-state index contributed by atoms with van der Waals surface area (Å²) in [6, 6.07) is 7.39. The Balaban J connectivity index is 3.04. The van der Waals surface area contributed by atoms with E-state index in [9.17, 15) is 10.1 Å². The predicted octanol–water partition coefficient (Wildman–Crippen LogP) is 3.94. The largest absolute Gasteiger partial charge is 0.490 e. The maximum atomic E-state index is 12.1. The molecule has 1 amide bonds. The van der Waals surface area contributed by atoms with Crippen LogP contribution < -0.4 is 14.8 Å². The summed E-state index contributed by atoms with van der Waals surface area (Å²) in [5, 5.41) is 12.1. The zero-order valence-electron chi connectivity index (χ0n) is 15.8. The molecule has 25 heavy (non-hydrogen) atoms. The fourth-order valence-corrected chi connectivity index (χ4v) is 1.98. The lowest BCUT2D eigenvalue weighted by molar-refractivity contribution is -0.117. The van der Waals surface area contributed by atoms with Gasteiger partial charge in [0.2, 0.25) is 0 Å². The third kappa shape index (κ3) is 6.88. The van der Waals surface area contributed by atoms with Crippen molar-refractivity contribution in [2.45, 2.75) is 47.1 Å². The van der Waals surface area contributed by atoms with E-state index in [1.807, 2.05) is 32.9 Å². The van der Waals surface area contributed by atoms with Gasteiger partial charge in [-0.05, 0) is 50.0 Å². The van der Waals surface area contributed by atoms with Crippen molar-refractivity contribution in [3.05, 3.63) is 29.3 Å². The Labute approximate surface area is 150 Å². The highest BCUT2D eigenvalue weighted by atomic mass is 16.5. The summed E-state index contributed by atoms with van der Waals surface area (Å²) < 4.78 is 11.4. The Morgan fingerprint density at radius 3 is 2.52 bits per heavy atom. The molecule has 0 radical (unpaired) electrons. The number of carbonyl (C=O) groups is 1. The van der Waals surface area contributed by atoms with E-state index in [4.69, 9.17) is 9.47 Å². The summed E-state index contributed by atoms with van der Waals surface area (Å²) in [4.78, 5) is 12.1. The minimum atomic E-state index is -0.366. The van der Waals surface area contributed by atoms with Crippen LogP contribution >= 0.6 is 0 Å². The molecule has 5 heteroatoms. The molecule has 0 unspecified atom stereocenters. The Morgan fingerprint density at radius 2 is 1.96 bits per heavy atom. The van der Waals surface area contributed by atoms with Crippen molar-refractivity contribution in [2.75, 3.05) is 13.2 Å². The smallest absolute Gasteiger partial charge is 0.262 e. The number of hydrogen-bond acceptors (Lipinski definition) is 4. The van der Waals surface area contributed by atoms with Gasteiger partial charge in [-0.1, -0.05) is 26.8 Å². The van der Waals surface area contributed by atoms with Gasteiger partial charge in [-0.2, -0.15) is 5.26 Å². The first-order valence-electron chi connectivity index (χ1n) is 8.73. The van der Waals surface area contributed by atoms with E-state index in [2.05, 4.69) is 19.2 Å². The van der Waals surface area contributed by atoms with Gasteiger partial charge >= 0.3 is 0 Å². The SMILES string of the molecule is CCOc1cc(/C=C(\C#N)C(=O)N[C@H](C)CC)ccc1OCC(C)C. The standard InChI is InChI=1S/C20H28N2O3/c1-6-15(5)22-20(23)17(12-21)10-16-8-9-18(25-13-14(3)4)19(11-16)24-7-2/h8-11,14-15H,6-7,13H2,1-5H3,(H,22,23)/b17-10+/t15-/m1/s1. The zero-order chi connectivity index (χ0) is 18.8. The summed E-state index contributed by atoms with van der Waals surface area (Å²) in [6.45, 7) is 11.0. The number of benzene rings is 1. The highest BCUT2D eigenvalue weighted by molar-refractivity contribution is 6.01. The van der Waals surface area contributed by atoms with Crippen LogP contribution in [0.2, 0.25) is 0 Å². The molecule has 1 aromatic carbocycles. The van der Waals surface area contributed by atoms with E-state index in [0.717, 1.165) is 12.0 Å². The Kier molecular flexibility index (Phi) is 8.55. The molecule has 0 heterocycles. The topological polar surface area (TPSA) is 71.3 Å². The summed E-state index contributed by atoms with van der Waals surface area (Å²) in [5.41, 5.74) is 0.787. The van der Waals surface area contributed by atoms with Crippen LogP contribution in [0.15, 0.2) is 23.8 Å². The summed E-state index contributed by atoms with van der Waals surface area (Å²) >= 11 is 0. The third-order valence-corrected chi connectivity index (χ3v) is 3.51. The lowest BCUT2D eigenvalue weighted by Gasteiger charge is -2.14. The normalized spacial score (nSPS) is 12.4. The number of nitrogens with one attached hydrogen (secondary N) is 1. The van der Waals surface area contributed by atoms with Crippen LogP contribution in [0.1, 0.15) is 46.6 Å². The molecule has 0 aliphatic rings. The van der Waals surface area contributed by atoms with Crippen LogP contribution in [0.25, 0.3) is 6.08 Å². The van der Waals surface area contributed by atoms with Gasteiger partial charge in [0.05, 0.1) is 13.2 Å². The van der Waals surface area contributed by atoms with E-state index in [0.29, 0.717) is 30.6 Å². The Bertz CT molecular complexity index is 645. The van der Waals surface area contributed by atoms with Gasteiger partial charge < -0.3 is 14.8 Å². The first kappa shape index (κ1) is 20.6. The minimum absolute atomic E-state index is 0.0232. The molecule has 1 atom stereocenters. The first-order chi connectivity index (χ1) is 11.9. The van der Waals surface area contributed by atoms with Gasteiger partial charge in [-0.25, -0.2) is 0 Å². The monoisotopic (exact) mass is 344 g/mol. The minimum Gasteiger partial charge on any atom is -0.490 e. The van der Waals surface area contributed by atoms with Crippen molar-refractivity contribution in [3.63, 3.8) is 0 Å². The van der Waals surface area contributed by atoms with Gasteiger partial charge in [0.25, 0.3) is 5.91 Å². The first-order valence-corrected chi connectivity index (χ1v) is 8.73. The lowest BCUT2D eigenvalue weighted by atomic mass is 10.1. The average Bonchev–Trinajstić information content (AvgIpc) is 2.58. The molecule has 0 aliphatic heterocycles. The van der Waals surface area contributed by atoms with E-state index in [-0.39, 0.29) is 17.5 Å². The van der Waals surface area contributed by atoms with Gasteiger partial charge in [-0.3, -0.25) is 4.79 Å². The fourth-order valence-electron chi connectivity index (χ4n) is 1.98. The second kappa shape index (κ2) is 10.4. The Morgan fingerprint density at radius 1 is 1.24 bits per heavy atom. The molecule has 0 saturated carbocycles. The predicted molar refractivity (Wildman–Crippen MR) is 99.4 cm³/mol. The molecule has 1 N–H and O–H groups in total. The maximum Gasteiger partial charge on any atom is 0.262 e. The number of rotatable bonds is 9. The molecule has 136 valence electrons. The van der Waals surface area contributed by atoms with E-state index in [1.54, 1.807) is 18.2 Å². The quantitative estimate of drug-likeness (QED) is 0.544. The third-order valence-electron chi connectivity index (χ3n) is 3.51. The highest BCUT2D eigenvalue weighted by Crippen LogP contribution is 2.29. The molecule has 5 nitrogen and oxygen atoms in total. The van der Waals surface area contributed by atoms with Crippen molar-refractivity contribution >= 4 is 12.0 Å². The second-order valence-electron chi connectivity index (χ2n) is 6.30. The summed E-state index contributed by atoms with van der Waals surface area (Å²) in [6.07, 6.45) is 2.37. The van der Waals surface area contributed by atoms with Crippen molar-refractivity contribution in [1.82, 2.24) is 5.32 Å². The molecule has 1 rings (SSSR count). The van der Waals surface area contributed by atoms with Crippen LogP contribution in [0, 0.1) is 17.2 Å². The molecular formula is C20H28N2O3. The van der Waals surface area contributed by atoms with E-state index >= 15 is 0 Å². The van der Waals surface area contributed by atoms with Crippen molar-refractivity contribution in [1.29, 1.82) is 5.26 Å². The second-order valence-corrected chi connectivity index (χ2v) is 6.30. The van der Waals surface area contributed by atoms with E-state index < -0.39 is 0 Å². The Hall–Kier alpha value is -2.48. The van der Waals surface area contributed by atoms with Gasteiger partial charge in [0, 0.05) is 6.04 Å². The van der Waals surface area contributed by atoms with E-state index in [1.165, 1.54) is 0 Å². The molecule has 0 fully saturated rings. The van der Waals surface area contributed by atoms with Gasteiger partial charge in [-0.15, -0.1) is 0 Å². The number of nitriles is 1. The van der Waals surface area contributed by atoms with Gasteiger partial charge in [0.1, 0.15) is 11.6 Å². The van der Waals surface area contributed by atoms with Crippen LogP contribution in [0.4, 0.5) is 0 Å². The molecule has 0 spiro atoms. The van der Waals surface area contributed by atoms with Crippen molar-refractivity contribution < 1.29 is 14.3 Å².